The summed E-state index contributed by atoms with van der Waals surface area (Å²) in [6, 6.07) is 33.0. The topological polar surface area (TPSA) is 27.0 Å². The van der Waals surface area contributed by atoms with E-state index in [9.17, 15) is 5.26 Å². The molecule has 0 spiro atoms. The predicted octanol–water partition coefficient (Wildman–Crippen LogP) is 8.94. The third kappa shape index (κ3) is 6.58. The van der Waals surface area contributed by atoms with Crippen molar-refractivity contribution in [2.24, 2.45) is 5.92 Å². The minimum atomic E-state index is -0.455. The average Bonchev–Trinajstić information content (AvgIpc) is 2.93. The largest absolute Gasteiger partial charge is 0.292 e. The van der Waals surface area contributed by atoms with Gasteiger partial charge in [0.15, 0.2) is 0 Å². The molecule has 2 unspecified atom stereocenters. The van der Waals surface area contributed by atoms with Gasteiger partial charge in [0, 0.05) is 24.2 Å². The standard InChI is InChI=1S/C33H39ClN2/c1-2-32(36(24-27-12-6-3-7-13-27)25-28-14-8-4-9-15-28)22-23-33(26-35,29-16-10-5-11-17-29)30-18-20-31(34)21-19-30/h3-4,6-9,12-15,18-21,29,32H,2,5,10-11,16-17,22-25H2,1H3. The quantitative estimate of drug-likeness (QED) is 0.264. The Bertz CT molecular complexity index is 1040. The Morgan fingerprint density at radius 1 is 0.861 bits per heavy atom. The van der Waals surface area contributed by atoms with Gasteiger partial charge in [0.1, 0.15) is 0 Å². The molecule has 0 aromatic heterocycles. The molecule has 1 saturated carbocycles. The second-order valence-corrected chi connectivity index (χ2v) is 10.8. The van der Waals surface area contributed by atoms with Crippen LogP contribution in [0.25, 0.3) is 0 Å². The summed E-state index contributed by atoms with van der Waals surface area (Å²) in [6.45, 7) is 4.13. The lowest BCUT2D eigenvalue weighted by molar-refractivity contribution is 0.144. The third-order valence-electron chi connectivity index (χ3n) is 8.18. The number of halogens is 1. The van der Waals surface area contributed by atoms with E-state index in [1.54, 1.807) is 0 Å². The van der Waals surface area contributed by atoms with E-state index in [4.69, 9.17) is 11.6 Å². The van der Waals surface area contributed by atoms with Gasteiger partial charge in [-0.15, -0.1) is 0 Å². The zero-order valence-corrected chi connectivity index (χ0v) is 22.3. The fraction of sp³-hybridized carbons (Fsp3) is 0.424. The number of nitrogens with zero attached hydrogens (tertiary/aromatic N) is 2. The van der Waals surface area contributed by atoms with Crippen molar-refractivity contribution in [3.63, 3.8) is 0 Å². The molecule has 3 aromatic rings. The van der Waals surface area contributed by atoms with Crippen LogP contribution in [0.3, 0.4) is 0 Å². The summed E-state index contributed by atoms with van der Waals surface area (Å²) in [5, 5.41) is 11.5. The summed E-state index contributed by atoms with van der Waals surface area (Å²) in [7, 11) is 0. The molecular weight excluding hydrogens is 460 g/mol. The van der Waals surface area contributed by atoms with E-state index in [1.165, 1.54) is 30.4 Å². The van der Waals surface area contributed by atoms with Gasteiger partial charge in [0.05, 0.1) is 11.5 Å². The number of benzene rings is 3. The highest BCUT2D eigenvalue weighted by Crippen LogP contribution is 2.45. The van der Waals surface area contributed by atoms with Crippen LogP contribution >= 0.6 is 11.6 Å². The highest BCUT2D eigenvalue weighted by Gasteiger charge is 2.41. The molecular formula is C33H39ClN2. The van der Waals surface area contributed by atoms with Crippen molar-refractivity contribution in [3.05, 3.63) is 107 Å². The Labute approximate surface area is 222 Å². The van der Waals surface area contributed by atoms with Crippen LogP contribution in [-0.4, -0.2) is 10.9 Å². The van der Waals surface area contributed by atoms with Crippen LogP contribution in [0, 0.1) is 17.2 Å². The lowest BCUT2D eigenvalue weighted by atomic mass is 9.63. The van der Waals surface area contributed by atoms with E-state index in [0.29, 0.717) is 12.0 Å². The second-order valence-electron chi connectivity index (χ2n) is 10.4. The Morgan fingerprint density at radius 2 is 1.42 bits per heavy atom. The zero-order chi connectivity index (χ0) is 25.2. The van der Waals surface area contributed by atoms with Crippen molar-refractivity contribution < 1.29 is 0 Å². The summed E-state index contributed by atoms with van der Waals surface area (Å²) in [5.41, 5.74) is 3.37. The molecule has 3 heteroatoms. The van der Waals surface area contributed by atoms with E-state index in [2.05, 4.69) is 90.7 Å². The fourth-order valence-corrected chi connectivity index (χ4v) is 6.25. The van der Waals surface area contributed by atoms with Crippen molar-refractivity contribution in [2.75, 3.05) is 0 Å². The lowest BCUT2D eigenvalue weighted by Gasteiger charge is -2.40. The molecule has 188 valence electrons. The molecule has 0 aliphatic heterocycles. The molecule has 36 heavy (non-hydrogen) atoms. The fourth-order valence-electron chi connectivity index (χ4n) is 6.13. The van der Waals surface area contributed by atoms with Crippen LogP contribution < -0.4 is 0 Å². The van der Waals surface area contributed by atoms with E-state index in [1.807, 2.05) is 12.1 Å². The summed E-state index contributed by atoms with van der Waals surface area (Å²) in [5.74, 6) is 0.409. The maximum absolute atomic E-state index is 10.7. The zero-order valence-electron chi connectivity index (χ0n) is 21.6. The van der Waals surface area contributed by atoms with E-state index in [-0.39, 0.29) is 0 Å². The maximum Gasteiger partial charge on any atom is 0.0851 e. The minimum Gasteiger partial charge on any atom is -0.292 e. The molecule has 0 amide bonds. The van der Waals surface area contributed by atoms with Gasteiger partial charge in [-0.1, -0.05) is 111 Å². The molecule has 0 saturated heterocycles. The van der Waals surface area contributed by atoms with Gasteiger partial charge in [-0.05, 0) is 66.8 Å². The van der Waals surface area contributed by atoms with Gasteiger partial charge in [-0.25, -0.2) is 0 Å². The monoisotopic (exact) mass is 498 g/mol. The molecule has 0 bridgehead atoms. The van der Waals surface area contributed by atoms with Crippen LogP contribution in [0.1, 0.15) is 75.0 Å². The summed E-state index contributed by atoms with van der Waals surface area (Å²) < 4.78 is 0. The molecule has 1 fully saturated rings. The molecule has 1 aliphatic rings. The minimum absolute atomic E-state index is 0.397. The Balaban J connectivity index is 1.60. The van der Waals surface area contributed by atoms with Gasteiger partial charge >= 0.3 is 0 Å². The van der Waals surface area contributed by atoms with Crippen molar-refractivity contribution in [1.82, 2.24) is 4.90 Å². The first kappa shape index (κ1) is 26.5. The Hall–Kier alpha value is -2.60. The molecule has 0 radical (unpaired) electrons. The molecule has 4 rings (SSSR count). The first-order valence-corrected chi connectivity index (χ1v) is 14.0. The van der Waals surface area contributed by atoms with Gasteiger partial charge in [-0.3, -0.25) is 4.90 Å². The van der Waals surface area contributed by atoms with E-state index in [0.717, 1.165) is 55.8 Å². The Morgan fingerprint density at radius 3 is 1.92 bits per heavy atom. The number of rotatable bonds is 11. The molecule has 2 nitrogen and oxygen atoms in total. The summed E-state index contributed by atoms with van der Waals surface area (Å²) in [6.07, 6.45) is 8.98. The van der Waals surface area contributed by atoms with Gasteiger partial charge < -0.3 is 0 Å². The van der Waals surface area contributed by atoms with Crippen molar-refractivity contribution in [3.8, 4) is 6.07 Å². The van der Waals surface area contributed by atoms with Gasteiger partial charge in [0.2, 0.25) is 0 Å². The SMILES string of the molecule is CCC(CCC(C#N)(c1ccc(Cl)cc1)C1CCCCC1)N(Cc1ccccc1)Cc1ccccc1. The first-order chi connectivity index (χ1) is 17.6. The van der Waals surface area contributed by atoms with E-state index >= 15 is 0 Å². The van der Waals surface area contributed by atoms with Crippen molar-refractivity contribution in [1.29, 1.82) is 5.26 Å². The smallest absolute Gasteiger partial charge is 0.0851 e. The van der Waals surface area contributed by atoms with Crippen LogP contribution in [0.5, 0.6) is 0 Å². The Kier molecular flexibility index (Phi) is 9.62. The van der Waals surface area contributed by atoms with Gasteiger partial charge in [-0.2, -0.15) is 5.26 Å². The van der Waals surface area contributed by atoms with E-state index < -0.39 is 5.41 Å². The van der Waals surface area contributed by atoms with Crippen molar-refractivity contribution in [2.45, 2.75) is 82.8 Å². The molecule has 1 aliphatic carbocycles. The van der Waals surface area contributed by atoms with Crippen LogP contribution in [-0.2, 0) is 18.5 Å². The predicted molar refractivity (Wildman–Crippen MR) is 151 cm³/mol. The molecule has 3 aromatic carbocycles. The molecule has 0 heterocycles. The number of nitriles is 1. The second kappa shape index (κ2) is 13.1. The molecule has 0 N–H and O–H groups in total. The number of hydrogen-bond donors (Lipinski definition) is 0. The van der Waals surface area contributed by atoms with Crippen LogP contribution in [0.2, 0.25) is 5.02 Å². The number of hydrogen-bond acceptors (Lipinski definition) is 2. The van der Waals surface area contributed by atoms with Crippen molar-refractivity contribution >= 4 is 11.6 Å². The third-order valence-corrected chi connectivity index (χ3v) is 8.43. The van der Waals surface area contributed by atoms with Gasteiger partial charge in [0.25, 0.3) is 0 Å². The normalized spacial score (nSPS) is 16.8. The summed E-state index contributed by atoms with van der Waals surface area (Å²) >= 11 is 6.25. The van der Waals surface area contributed by atoms with Crippen LogP contribution in [0.15, 0.2) is 84.9 Å². The van der Waals surface area contributed by atoms with Crippen LogP contribution in [0.4, 0.5) is 0 Å². The lowest BCUT2D eigenvalue weighted by Crippen LogP contribution is -2.39. The highest BCUT2D eigenvalue weighted by molar-refractivity contribution is 6.30. The molecule has 2 atom stereocenters. The highest BCUT2D eigenvalue weighted by atomic mass is 35.5. The average molecular weight is 499 g/mol. The maximum atomic E-state index is 10.7. The summed E-state index contributed by atoms with van der Waals surface area (Å²) in [4.78, 5) is 2.62. The first-order valence-electron chi connectivity index (χ1n) is 13.6.